The molecule has 1 aromatic carbocycles. The summed E-state index contributed by atoms with van der Waals surface area (Å²) in [6.07, 6.45) is 1.18. The smallest absolute Gasteiger partial charge is 0.161 e. The molecule has 0 amide bonds. The summed E-state index contributed by atoms with van der Waals surface area (Å²) in [5, 5.41) is 7.93. The molecule has 25 heavy (non-hydrogen) atoms. The highest BCUT2D eigenvalue weighted by Gasteiger charge is 2.24. The van der Waals surface area contributed by atoms with E-state index in [9.17, 15) is 0 Å². The number of thiophene rings is 1. The van der Waals surface area contributed by atoms with Crippen molar-refractivity contribution in [2.75, 3.05) is 39.4 Å². The topological polar surface area (TPSA) is 33.7 Å². The van der Waals surface area contributed by atoms with Gasteiger partial charge in [-0.15, -0.1) is 0 Å². The Morgan fingerprint density at radius 1 is 1.04 bits per heavy atom. The molecule has 1 fully saturated rings. The zero-order valence-electron chi connectivity index (χ0n) is 15.2. The maximum Gasteiger partial charge on any atom is 0.161 e. The Hall–Kier alpha value is -1.56. The molecule has 1 N–H and O–H groups in total. The molecule has 0 aliphatic carbocycles. The third kappa shape index (κ3) is 4.54. The second-order valence-corrected chi connectivity index (χ2v) is 6.95. The van der Waals surface area contributed by atoms with Crippen molar-refractivity contribution in [3.63, 3.8) is 0 Å². The summed E-state index contributed by atoms with van der Waals surface area (Å²) in [5.74, 6) is 1.67. The van der Waals surface area contributed by atoms with Gasteiger partial charge in [-0.1, -0.05) is 6.07 Å². The number of rotatable bonds is 7. The number of ether oxygens (including phenoxy) is 2. The van der Waals surface area contributed by atoms with Gasteiger partial charge in [0.05, 0.1) is 19.3 Å². The highest BCUT2D eigenvalue weighted by atomic mass is 32.1. The van der Waals surface area contributed by atoms with Gasteiger partial charge in [0.15, 0.2) is 11.5 Å². The summed E-state index contributed by atoms with van der Waals surface area (Å²) in [6.45, 7) is 9.59. The molecular formula is C20H28N2O2S. The van der Waals surface area contributed by atoms with Crippen LogP contribution in [0.25, 0.3) is 0 Å². The predicted octanol–water partition coefficient (Wildman–Crippen LogP) is 3.93. The van der Waals surface area contributed by atoms with Crippen molar-refractivity contribution in [1.29, 1.82) is 0 Å². The van der Waals surface area contributed by atoms with E-state index < -0.39 is 0 Å². The van der Waals surface area contributed by atoms with Crippen LogP contribution in [0.2, 0.25) is 0 Å². The first-order chi connectivity index (χ1) is 12.3. The average molecular weight is 361 g/mol. The molecule has 0 bridgehead atoms. The molecule has 1 aliphatic rings. The molecule has 1 aromatic heterocycles. The Morgan fingerprint density at radius 3 is 2.64 bits per heavy atom. The van der Waals surface area contributed by atoms with Crippen molar-refractivity contribution >= 4 is 11.3 Å². The fourth-order valence-corrected chi connectivity index (χ4v) is 4.09. The molecule has 2 aromatic rings. The van der Waals surface area contributed by atoms with Gasteiger partial charge in [-0.3, -0.25) is 4.90 Å². The summed E-state index contributed by atoms with van der Waals surface area (Å²) in [7, 11) is 0. The van der Waals surface area contributed by atoms with Crippen LogP contribution in [0.4, 0.5) is 0 Å². The minimum Gasteiger partial charge on any atom is -0.490 e. The molecule has 5 heteroatoms. The Labute approximate surface area is 154 Å². The Balaban J connectivity index is 1.96. The molecular weight excluding hydrogens is 332 g/mol. The first-order valence-electron chi connectivity index (χ1n) is 9.20. The summed E-state index contributed by atoms with van der Waals surface area (Å²) in [4.78, 5) is 2.58. The lowest BCUT2D eigenvalue weighted by atomic mass is 9.98. The fraction of sp³-hybridized carbons (Fsp3) is 0.500. The molecule has 4 nitrogen and oxygen atoms in total. The molecule has 136 valence electrons. The Kier molecular flexibility index (Phi) is 6.73. The molecule has 0 saturated carbocycles. The number of hydrogen-bond donors (Lipinski definition) is 1. The zero-order valence-corrected chi connectivity index (χ0v) is 16.0. The SMILES string of the molecule is CCOc1ccc(C(c2ccsc2)N2CCCNCC2)cc1OCC. The van der Waals surface area contributed by atoms with Crippen molar-refractivity contribution in [2.24, 2.45) is 0 Å². The van der Waals surface area contributed by atoms with E-state index in [-0.39, 0.29) is 6.04 Å². The Morgan fingerprint density at radius 2 is 1.88 bits per heavy atom. The minimum atomic E-state index is 0.265. The van der Waals surface area contributed by atoms with Gasteiger partial charge in [0, 0.05) is 19.6 Å². The summed E-state index contributed by atoms with van der Waals surface area (Å²) in [5.41, 5.74) is 2.63. The summed E-state index contributed by atoms with van der Waals surface area (Å²) >= 11 is 1.76. The highest BCUT2D eigenvalue weighted by Crippen LogP contribution is 2.36. The lowest BCUT2D eigenvalue weighted by molar-refractivity contribution is 0.239. The molecule has 2 heterocycles. The van der Waals surface area contributed by atoms with Crippen LogP contribution in [0.15, 0.2) is 35.0 Å². The van der Waals surface area contributed by atoms with Crippen LogP contribution in [-0.4, -0.2) is 44.3 Å². The van der Waals surface area contributed by atoms with Crippen molar-refractivity contribution in [2.45, 2.75) is 26.3 Å². The van der Waals surface area contributed by atoms with Gasteiger partial charge in [0.25, 0.3) is 0 Å². The quantitative estimate of drug-likeness (QED) is 0.811. The van der Waals surface area contributed by atoms with E-state index in [1.807, 2.05) is 13.8 Å². The van der Waals surface area contributed by atoms with Crippen LogP contribution in [-0.2, 0) is 0 Å². The van der Waals surface area contributed by atoms with Gasteiger partial charge in [-0.05, 0) is 66.9 Å². The van der Waals surface area contributed by atoms with Crippen LogP contribution in [0.3, 0.4) is 0 Å². The third-order valence-corrected chi connectivity index (χ3v) is 5.18. The Bertz CT molecular complexity index is 637. The number of nitrogens with zero attached hydrogens (tertiary/aromatic N) is 1. The maximum absolute atomic E-state index is 5.86. The normalized spacial score (nSPS) is 17.0. The lowest BCUT2D eigenvalue weighted by Gasteiger charge is -2.31. The van der Waals surface area contributed by atoms with Gasteiger partial charge in [-0.25, -0.2) is 0 Å². The first kappa shape index (κ1) is 18.2. The molecule has 1 saturated heterocycles. The van der Waals surface area contributed by atoms with Gasteiger partial charge >= 0.3 is 0 Å². The minimum absolute atomic E-state index is 0.265. The largest absolute Gasteiger partial charge is 0.490 e. The third-order valence-electron chi connectivity index (χ3n) is 4.48. The zero-order chi connectivity index (χ0) is 17.5. The monoisotopic (exact) mass is 360 g/mol. The van der Waals surface area contributed by atoms with E-state index in [4.69, 9.17) is 9.47 Å². The van der Waals surface area contributed by atoms with E-state index in [1.54, 1.807) is 11.3 Å². The molecule has 1 unspecified atom stereocenters. The fourth-order valence-electron chi connectivity index (χ4n) is 3.41. The van der Waals surface area contributed by atoms with E-state index in [2.05, 4.69) is 45.2 Å². The average Bonchev–Trinajstić information content (AvgIpc) is 3.01. The molecule has 3 rings (SSSR count). The van der Waals surface area contributed by atoms with Crippen molar-refractivity contribution in [3.8, 4) is 11.5 Å². The van der Waals surface area contributed by atoms with Gasteiger partial charge in [-0.2, -0.15) is 11.3 Å². The lowest BCUT2D eigenvalue weighted by Crippen LogP contribution is -2.32. The molecule has 0 spiro atoms. The molecule has 0 radical (unpaired) electrons. The molecule has 1 aliphatic heterocycles. The van der Waals surface area contributed by atoms with Crippen molar-refractivity contribution in [1.82, 2.24) is 10.2 Å². The van der Waals surface area contributed by atoms with E-state index >= 15 is 0 Å². The number of nitrogens with one attached hydrogen (secondary N) is 1. The summed E-state index contributed by atoms with van der Waals surface area (Å²) in [6, 6.07) is 8.91. The van der Waals surface area contributed by atoms with Crippen molar-refractivity contribution in [3.05, 3.63) is 46.2 Å². The van der Waals surface area contributed by atoms with Crippen LogP contribution < -0.4 is 14.8 Å². The van der Waals surface area contributed by atoms with E-state index in [1.165, 1.54) is 17.5 Å². The summed E-state index contributed by atoms with van der Waals surface area (Å²) < 4.78 is 11.6. The highest BCUT2D eigenvalue weighted by molar-refractivity contribution is 7.08. The first-order valence-corrected chi connectivity index (χ1v) is 10.1. The van der Waals surface area contributed by atoms with Gasteiger partial charge in [0.2, 0.25) is 0 Å². The maximum atomic E-state index is 5.86. The van der Waals surface area contributed by atoms with Crippen LogP contribution >= 0.6 is 11.3 Å². The van der Waals surface area contributed by atoms with Crippen LogP contribution in [0.5, 0.6) is 11.5 Å². The second kappa shape index (κ2) is 9.22. The van der Waals surface area contributed by atoms with E-state index in [0.29, 0.717) is 13.2 Å². The van der Waals surface area contributed by atoms with Crippen LogP contribution in [0.1, 0.15) is 37.4 Å². The van der Waals surface area contributed by atoms with Gasteiger partial charge < -0.3 is 14.8 Å². The number of hydrogen-bond acceptors (Lipinski definition) is 5. The van der Waals surface area contributed by atoms with Crippen LogP contribution in [0, 0.1) is 0 Å². The predicted molar refractivity (Wildman–Crippen MR) is 104 cm³/mol. The van der Waals surface area contributed by atoms with Crippen molar-refractivity contribution < 1.29 is 9.47 Å². The standard InChI is InChI=1S/C20H28N2O2S/c1-3-23-18-7-6-16(14-19(18)24-4-2)20(17-8-13-25-15-17)22-11-5-9-21-10-12-22/h6-8,13-15,20-21H,3-5,9-12H2,1-2H3. The second-order valence-electron chi connectivity index (χ2n) is 6.17. The van der Waals surface area contributed by atoms with E-state index in [0.717, 1.165) is 37.7 Å². The van der Waals surface area contributed by atoms with Gasteiger partial charge in [0.1, 0.15) is 0 Å². The molecule has 1 atom stereocenters. The number of benzene rings is 1.